The number of hydrogen-bond donors (Lipinski definition) is 1. The molecule has 0 bridgehead atoms. The summed E-state index contributed by atoms with van der Waals surface area (Å²) < 4.78 is 0. The van der Waals surface area contributed by atoms with Crippen molar-refractivity contribution in [3.05, 3.63) is 54.4 Å². The summed E-state index contributed by atoms with van der Waals surface area (Å²) in [6.45, 7) is 1.91. The molecule has 3 heteroatoms. The molecule has 0 radical (unpaired) electrons. The molecule has 2 heterocycles. The molecule has 0 atom stereocenters. The van der Waals surface area contributed by atoms with Crippen LogP contribution >= 0.6 is 0 Å². The number of fused-ring (bicyclic) bond motifs is 1. The predicted molar refractivity (Wildman–Crippen MR) is 74.1 cm³/mol. The van der Waals surface area contributed by atoms with Crippen molar-refractivity contribution in [1.82, 2.24) is 9.97 Å². The van der Waals surface area contributed by atoms with Crippen LogP contribution in [0.3, 0.4) is 0 Å². The summed E-state index contributed by atoms with van der Waals surface area (Å²) in [6, 6.07) is 14.0. The second kappa shape index (κ2) is 4.11. The van der Waals surface area contributed by atoms with Crippen molar-refractivity contribution < 1.29 is 0 Å². The molecule has 0 spiro atoms. The second-order valence-electron chi connectivity index (χ2n) is 4.28. The zero-order valence-corrected chi connectivity index (χ0v) is 10.1. The highest BCUT2D eigenvalue weighted by atomic mass is 14.7. The zero-order chi connectivity index (χ0) is 12.5. The number of nitrogen functional groups attached to an aromatic ring is 1. The van der Waals surface area contributed by atoms with Gasteiger partial charge in [0.2, 0.25) is 0 Å². The Bertz CT molecular complexity index is 720. The van der Waals surface area contributed by atoms with Gasteiger partial charge < -0.3 is 5.73 Å². The Hall–Kier alpha value is -2.42. The molecule has 0 aliphatic heterocycles. The molecular weight excluding hydrogens is 222 g/mol. The van der Waals surface area contributed by atoms with Gasteiger partial charge in [-0.05, 0) is 31.2 Å². The Labute approximate surface area is 105 Å². The predicted octanol–water partition coefficient (Wildman–Crippen LogP) is 3.19. The first-order valence-corrected chi connectivity index (χ1v) is 5.82. The van der Waals surface area contributed by atoms with Crippen molar-refractivity contribution in [2.24, 2.45) is 0 Å². The Kier molecular flexibility index (Phi) is 2.45. The average Bonchev–Trinajstić information content (AvgIpc) is 2.41. The minimum absolute atomic E-state index is 0.720. The van der Waals surface area contributed by atoms with Crippen LogP contribution in [0.2, 0.25) is 0 Å². The van der Waals surface area contributed by atoms with E-state index in [0.29, 0.717) is 0 Å². The molecule has 0 saturated carbocycles. The van der Waals surface area contributed by atoms with Gasteiger partial charge in [0.15, 0.2) is 0 Å². The summed E-state index contributed by atoms with van der Waals surface area (Å²) >= 11 is 0. The Morgan fingerprint density at radius 1 is 1.06 bits per heavy atom. The van der Waals surface area contributed by atoms with Gasteiger partial charge in [-0.3, -0.25) is 9.97 Å². The van der Waals surface area contributed by atoms with Gasteiger partial charge in [0, 0.05) is 17.1 Å². The fourth-order valence-corrected chi connectivity index (χ4v) is 1.96. The smallest absolute Gasteiger partial charge is 0.0708 e. The summed E-state index contributed by atoms with van der Waals surface area (Å²) in [5.41, 5.74) is 10.3. The molecule has 0 aliphatic carbocycles. The lowest BCUT2D eigenvalue weighted by molar-refractivity contribution is 1.21. The van der Waals surface area contributed by atoms with E-state index in [-0.39, 0.29) is 0 Å². The van der Waals surface area contributed by atoms with E-state index in [1.165, 1.54) is 0 Å². The molecule has 2 N–H and O–H groups in total. The van der Waals surface area contributed by atoms with E-state index in [9.17, 15) is 0 Å². The number of pyridine rings is 2. The van der Waals surface area contributed by atoms with E-state index in [1.807, 2.05) is 37.3 Å². The van der Waals surface area contributed by atoms with E-state index in [1.54, 1.807) is 6.20 Å². The maximum atomic E-state index is 5.78. The quantitative estimate of drug-likeness (QED) is 0.704. The average molecular weight is 235 g/mol. The molecule has 1 aromatic carbocycles. The molecule has 0 unspecified atom stereocenters. The molecule has 3 aromatic rings. The van der Waals surface area contributed by atoms with Crippen LogP contribution in [0.25, 0.3) is 22.2 Å². The van der Waals surface area contributed by atoms with E-state index in [4.69, 9.17) is 5.73 Å². The van der Waals surface area contributed by atoms with Gasteiger partial charge in [-0.2, -0.15) is 0 Å². The Morgan fingerprint density at radius 3 is 2.78 bits per heavy atom. The van der Waals surface area contributed by atoms with Gasteiger partial charge in [0.05, 0.1) is 22.6 Å². The number of nitrogens with zero attached hydrogens (tertiary/aromatic N) is 2. The van der Waals surface area contributed by atoms with Crippen molar-refractivity contribution in [3.63, 3.8) is 0 Å². The van der Waals surface area contributed by atoms with Gasteiger partial charge in [-0.1, -0.05) is 18.2 Å². The third kappa shape index (κ3) is 1.80. The number of aromatic nitrogens is 2. The van der Waals surface area contributed by atoms with Crippen LogP contribution in [0.1, 0.15) is 5.69 Å². The summed E-state index contributed by atoms with van der Waals surface area (Å²) in [5.74, 6) is 0. The van der Waals surface area contributed by atoms with E-state index in [0.717, 1.165) is 33.5 Å². The number of benzene rings is 1. The molecule has 2 aromatic heterocycles. The van der Waals surface area contributed by atoms with Gasteiger partial charge in [0.25, 0.3) is 0 Å². The molecule has 88 valence electrons. The fraction of sp³-hybridized carbons (Fsp3) is 0.0667. The SMILES string of the molecule is Cc1nc(-c2ccc3cccnc3c2)ccc1N. The highest BCUT2D eigenvalue weighted by Gasteiger charge is 2.03. The maximum Gasteiger partial charge on any atom is 0.0708 e. The van der Waals surface area contributed by atoms with Crippen molar-refractivity contribution in [1.29, 1.82) is 0 Å². The zero-order valence-electron chi connectivity index (χ0n) is 10.1. The molecule has 0 fully saturated rings. The maximum absolute atomic E-state index is 5.78. The second-order valence-corrected chi connectivity index (χ2v) is 4.28. The highest BCUT2D eigenvalue weighted by Crippen LogP contribution is 2.23. The molecule has 0 saturated heterocycles. The summed E-state index contributed by atoms with van der Waals surface area (Å²) in [4.78, 5) is 8.85. The van der Waals surface area contributed by atoms with Crippen molar-refractivity contribution in [2.75, 3.05) is 5.73 Å². The molecule has 0 aliphatic rings. The molecule has 3 nitrogen and oxygen atoms in total. The van der Waals surface area contributed by atoms with Crippen LogP contribution in [0, 0.1) is 6.92 Å². The van der Waals surface area contributed by atoms with Gasteiger partial charge in [0.1, 0.15) is 0 Å². The van der Waals surface area contributed by atoms with Crippen molar-refractivity contribution in [2.45, 2.75) is 6.92 Å². The van der Waals surface area contributed by atoms with Crippen LogP contribution in [-0.2, 0) is 0 Å². The standard InChI is InChI=1S/C15H13N3/c1-10-13(16)6-7-14(18-10)12-5-4-11-3-2-8-17-15(11)9-12/h2-9H,16H2,1H3. The lowest BCUT2D eigenvalue weighted by atomic mass is 10.1. The van der Waals surface area contributed by atoms with E-state index < -0.39 is 0 Å². The Morgan fingerprint density at radius 2 is 1.94 bits per heavy atom. The molecule has 18 heavy (non-hydrogen) atoms. The largest absolute Gasteiger partial charge is 0.397 e. The molecule has 0 amide bonds. The van der Waals surface area contributed by atoms with Crippen LogP contribution in [0.15, 0.2) is 48.7 Å². The van der Waals surface area contributed by atoms with Crippen LogP contribution in [0.5, 0.6) is 0 Å². The Balaban J connectivity index is 2.16. The minimum Gasteiger partial charge on any atom is -0.397 e. The first-order chi connectivity index (χ1) is 8.74. The minimum atomic E-state index is 0.720. The molecular formula is C15H13N3. The van der Waals surface area contributed by atoms with Crippen LogP contribution in [0.4, 0.5) is 5.69 Å². The van der Waals surface area contributed by atoms with Crippen molar-refractivity contribution in [3.8, 4) is 11.3 Å². The summed E-state index contributed by atoms with van der Waals surface area (Å²) in [5, 5.41) is 1.13. The fourth-order valence-electron chi connectivity index (χ4n) is 1.96. The number of aryl methyl sites for hydroxylation is 1. The number of anilines is 1. The van der Waals surface area contributed by atoms with Crippen molar-refractivity contribution >= 4 is 16.6 Å². The topological polar surface area (TPSA) is 51.8 Å². The molecule has 3 rings (SSSR count). The lowest BCUT2D eigenvalue weighted by Crippen LogP contribution is -1.94. The highest BCUT2D eigenvalue weighted by molar-refractivity contribution is 5.83. The summed E-state index contributed by atoms with van der Waals surface area (Å²) in [7, 11) is 0. The first kappa shape index (κ1) is 10.7. The van der Waals surface area contributed by atoms with E-state index >= 15 is 0 Å². The van der Waals surface area contributed by atoms with Crippen LogP contribution < -0.4 is 5.73 Å². The monoisotopic (exact) mass is 235 g/mol. The van der Waals surface area contributed by atoms with Gasteiger partial charge in [-0.25, -0.2) is 0 Å². The van der Waals surface area contributed by atoms with Gasteiger partial charge >= 0.3 is 0 Å². The summed E-state index contributed by atoms with van der Waals surface area (Å²) in [6.07, 6.45) is 1.80. The van der Waals surface area contributed by atoms with Crippen LogP contribution in [-0.4, -0.2) is 9.97 Å². The lowest BCUT2D eigenvalue weighted by Gasteiger charge is -2.05. The third-order valence-corrected chi connectivity index (χ3v) is 3.03. The number of rotatable bonds is 1. The normalized spacial score (nSPS) is 10.7. The third-order valence-electron chi connectivity index (χ3n) is 3.03. The first-order valence-electron chi connectivity index (χ1n) is 5.82. The van der Waals surface area contributed by atoms with Gasteiger partial charge in [-0.15, -0.1) is 0 Å². The number of nitrogens with two attached hydrogens (primary N) is 1. The number of hydrogen-bond acceptors (Lipinski definition) is 3. The van der Waals surface area contributed by atoms with E-state index in [2.05, 4.69) is 22.1 Å².